The number of pyridine rings is 2. The van der Waals surface area contributed by atoms with Gasteiger partial charge in [-0.1, -0.05) is 19.4 Å². The third-order valence-corrected chi connectivity index (χ3v) is 3.35. The molecule has 3 aromatic heterocycles. The van der Waals surface area contributed by atoms with Crippen molar-refractivity contribution in [2.75, 3.05) is 0 Å². The predicted octanol–water partition coefficient (Wildman–Crippen LogP) is 3.50. The van der Waals surface area contributed by atoms with Gasteiger partial charge in [0.1, 0.15) is 0 Å². The van der Waals surface area contributed by atoms with E-state index < -0.39 is 0 Å². The first-order valence-corrected chi connectivity index (χ1v) is 7.28. The van der Waals surface area contributed by atoms with Crippen molar-refractivity contribution in [2.24, 2.45) is 0 Å². The Balaban J connectivity index is 1.91. The second kappa shape index (κ2) is 6.30. The van der Waals surface area contributed by atoms with Crippen LogP contribution >= 0.6 is 0 Å². The molecule has 0 saturated heterocycles. The molecule has 3 rings (SSSR count). The second-order valence-electron chi connectivity index (χ2n) is 5.02. The molecule has 3 heterocycles. The van der Waals surface area contributed by atoms with E-state index in [-0.39, 0.29) is 0 Å². The van der Waals surface area contributed by atoms with Crippen LogP contribution < -0.4 is 0 Å². The van der Waals surface area contributed by atoms with Crippen LogP contribution in [0.2, 0.25) is 0 Å². The summed E-state index contributed by atoms with van der Waals surface area (Å²) in [7, 11) is 0. The quantitative estimate of drug-likeness (QED) is 0.732. The van der Waals surface area contributed by atoms with Crippen molar-refractivity contribution in [3.63, 3.8) is 0 Å². The van der Waals surface area contributed by atoms with Crippen molar-refractivity contribution in [1.29, 1.82) is 5.41 Å². The van der Waals surface area contributed by atoms with Crippen LogP contribution in [-0.2, 0) is 0 Å². The highest BCUT2D eigenvalue weighted by Gasteiger charge is 2.08. The molecule has 0 unspecified atom stereocenters. The molecule has 0 radical (unpaired) electrons. The van der Waals surface area contributed by atoms with Gasteiger partial charge in [-0.2, -0.15) is 5.10 Å². The Kier molecular flexibility index (Phi) is 4.05. The van der Waals surface area contributed by atoms with Gasteiger partial charge in [0.2, 0.25) is 0 Å². The Morgan fingerprint density at radius 2 is 2.09 bits per heavy atom. The molecule has 0 saturated carbocycles. The number of nitrogens with zero attached hydrogens (tertiary/aromatic N) is 4. The third-order valence-electron chi connectivity index (χ3n) is 3.35. The summed E-state index contributed by atoms with van der Waals surface area (Å²) in [6.07, 6.45) is 8.89. The molecule has 0 fully saturated rings. The van der Waals surface area contributed by atoms with Gasteiger partial charge in [-0.3, -0.25) is 4.98 Å². The number of nitrogens with one attached hydrogen (secondary N) is 1. The molecule has 22 heavy (non-hydrogen) atoms. The van der Waals surface area contributed by atoms with Crippen LogP contribution in [0.3, 0.4) is 0 Å². The van der Waals surface area contributed by atoms with E-state index in [4.69, 9.17) is 5.41 Å². The number of rotatable bonds is 5. The zero-order chi connectivity index (χ0) is 15.4. The maximum atomic E-state index is 8.04. The first-order valence-electron chi connectivity index (χ1n) is 7.28. The summed E-state index contributed by atoms with van der Waals surface area (Å²) in [6.45, 7) is 2.07. The van der Waals surface area contributed by atoms with Crippen molar-refractivity contribution in [2.45, 2.75) is 19.8 Å². The molecule has 3 aromatic rings. The van der Waals surface area contributed by atoms with Crippen LogP contribution in [0, 0.1) is 5.41 Å². The Labute approximate surface area is 129 Å². The van der Waals surface area contributed by atoms with Crippen LogP contribution in [0.5, 0.6) is 0 Å². The van der Waals surface area contributed by atoms with Gasteiger partial charge in [0, 0.05) is 18.0 Å². The Bertz CT molecular complexity index is 777. The number of hydrogen-bond donors (Lipinski definition) is 1. The fourth-order valence-corrected chi connectivity index (χ4v) is 2.23. The van der Waals surface area contributed by atoms with E-state index in [1.807, 2.05) is 36.5 Å². The zero-order valence-corrected chi connectivity index (χ0v) is 12.4. The van der Waals surface area contributed by atoms with Crippen LogP contribution in [-0.4, -0.2) is 25.5 Å². The molecule has 5 nitrogen and oxygen atoms in total. The first kappa shape index (κ1) is 14.1. The van der Waals surface area contributed by atoms with E-state index in [0.29, 0.717) is 5.71 Å². The molecule has 0 amide bonds. The Morgan fingerprint density at radius 1 is 1.18 bits per heavy atom. The molecule has 0 spiro atoms. The molecular formula is C17H17N5. The topological polar surface area (TPSA) is 67.5 Å². The average Bonchev–Trinajstić information content (AvgIpc) is 3.06. The molecule has 5 heteroatoms. The van der Waals surface area contributed by atoms with Gasteiger partial charge in [-0.05, 0) is 30.7 Å². The molecule has 110 valence electrons. The Morgan fingerprint density at radius 3 is 2.86 bits per heavy atom. The SMILES string of the molecule is CCCC(=N)c1cccc(-c2cnn(-c3cccnc3)c2)n1. The standard InChI is InChI=1S/C17H17N5/c1-2-5-15(18)17-8-3-7-16(21-17)13-10-20-22(12-13)14-6-4-9-19-11-14/h3-4,6-12,18H,2,5H2,1H3. The summed E-state index contributed by atoms with van der Waals surface area (Å²) in [5.74, 6) is 0. The lowest BCUT2D eigenvalue weighted by Gasteiger charge is -2.04. The van der Waals surface area contributed by atoms with Gasteiger partial charge in [0.25, 0.3) is 0 Å². The first-order chi connectivity index (χ1) is 10.8. The molecule has 0 bridgehead atoms. The fraction of sp³-hybridized carbons (Fsp3) is 0.176. The molecule has 1 N–H and O–H groups in total. The van der Waals surface area contributed by atoms with Crippen molar-refractivity contribution in [3.8, 4) is 16.9 Å². The average molecular weight is 291 g/mol. The predicted molar refractivity (Wildman–Crippen MR) is 86.3 cm³/mol. The van der Waals surface area contributed by atoms with E-state index >= 15 is 0 Å². The minimum absolute atomic E-state index is 0.573. The van der Waals surface area contributed by atoms with E-state index in [1.54, 1.807) is 23.3 Å². The van der Waals surface area contributed by atoms with E-state index in [1.165, 1.54) is 0 Å². The molecule has 0 aliphatic carbocycles. The Hall–Kier alpha value is -2.82. The number of aromatic nitrogens is 4. The van der Waals surface area contributed by atoms with Gasteiger partial charge < -0.3 is 5.41 Å². The highest BCUT2D eigenvalue weighted by molar-refractivity contribution is 5.96. The largest absolute Gasteiger partial charge is 0.303 e. The van der Waals surface area contributed by atoms with Crippen LogP contribution in [0.1, 0.15) is 25.5 Å². The van der Waals surface area contributed by atoms with Crippen LogP contribution in [0.4, 0.5) is 0 Å². The highest BCUT2D eigenvalue weighted by atomic mass is 15.3. The van der Waals surface area contributed by atoms with Gasteiger partial charge in [-0.15, -0.1) is 0 Å². The minimum Gasteiger partial charge on any atom is -0.303 e. The lowest BCUT2D eigenvalue weighted by molar-refractivity contribution is 0.874. The van der Waals surface area contributed by atoms with Gasteiger partial charge in [-0.25, -0.2) is 9.67 Å². The molecule has 0 atom stereocenters. The van der Waals surface area contributed by atoms with Crippen molar-refractivity contribution in [1.82, 2.24) is 19.7 Å². The van der Waals surface area contributed by atoms with Crippen LogP contribution in [0.25, 0.3) is 16.9 Å². The maximum absolute atomic E-state index is 8.04. The molecule has 0 aliphatic rings. The smallest absolute Gasteiger partial charge is 0.0844 e. The summed E-state index contributed by atoms with van der Waals surface area (Å²) in [4.78, 5) is 8.67. The van der Waals surface area contributed by atoms with Gasteiger partial charge in [0.05, 0.1) is 35.2 Å². The third kappa shape index (κ3) is 2.93. The van der Waals surface area contributed by atoms with Crippen molar-refractivity contribution >= 4 is 5.71 Å². The lowest BCUT2D eigenvalue weighted by Crippen LogP contribution is -2.02. The maximum Gasteiger partial charge on any atom is 0.0844 e. The summed E-state index contributed by atoms with van der Waals surface area (Å²) >= 11 is 0. The lowest BCUT2D eigenvalue weighted by atomic mass is 10.1. The van der Waals surface area contributed by atoms with E-state index in [9.17, 15) is 0 Å². The molecular weight excluding hydrogens is 274 g/mol. The highest BCUT2D eigenvalue weighted by Crippen LogP contribution is 2.18. The fourth-order valence-electron chi connectivity index (χ4n) is 2.23. The van der Waals surface area contributed by atoms with Gasteiger partial charge in [0.15, 0.2) is 0 Å². The van der Waals surface area contributed by atoms with E-state index in [2.05, 4.69) is 22.0 Å². The molecule has 0 aromatic carbocycles. The number of hydrogen-bond acceptors (Lipinski definition) is 4. The van der Waals surface area contributed by atoms with Crippen molar-refractivity contribution in [3.05, 3.63) is 60.8 Å². The van der Waals surface area contributed by atoms with E-state index in [0.717, 1.165) is 35.5 Å². The summed E-state index contributed by atoms with van der Waals surface area (Å²) in [6, 6.07) is 9.58. The summed E-state index contributed by atoms with van der Waals surface area (Å²) in [5.41, 5.74) is 3.96. The second-order valence-corrected chi connectivity index (χ2v) is 5.02. The van der Waals surface area contributed by atoms with Gasteiger partial charge >= 0.3 is 0 Å². The monoisotopic (exact) mass is 291 g/mol. The van der Waals surface area contributed by atoms with Crippen molar-refractivity contribution < 1.29 is 0 Å². The normalized spacial score (nSPS) is 10.6. The summed E-state index contributed by atoms with van der Waals surface area (Å²) in [5, 5.41) is 12.4. The molecule has 0 aliphatic heterocycles. The van der Waals surface area contributed by atoms with Crippen LogP contribution in [0.15, 0.2) is 55.1 Å². The minimum atomic E-state index is 0.573. The summed E-state index contributed by atoms with van der Waals surface area (Å²) < 4.78 is 1.77. The zero-order valence-electron chi connectivity index (χ0n) is 12.4.